The molecule has 4 rings (SSSR count). The van der Waals surface area contributed by atoms with Gasteiger partial charge in [-0.2, -0.15) is 0 Å². The molecule has 0 aliphatic heterocycles. The molecule has 0 unspecified atom stereocenters. The van der Waals surface area contributed by atoms with Crippen LogP contribution < -0.4 is 10.6 Å². The number of benzene rings is 2. The number of nitrogens with one attached hydrogen (secondary N) is 2. The fourth-order valence-electron chi connectivity index (χ4n) is 3.36. The topological polar surface area (TPSA) is 74.6 Å². The molecule has 3 aromatic rings. The van der Waals surface area contributed by atoms with Gasteiger partial charge in [-0.25, -0.2) is 0 Å². The summed E-state index contributed by atoms with van der Waals surface area (Å²) in [7, 11) is 0. The van der Waals surface area contributed by atoms with Crippen molar-refractivity contribution >= 4 is 11.8 Å². The van der Waals surface area contributed by atoms with E-state index in [-0.39, 0.29) is 18.4 Å². The summed E-state index contributed by atoms with van der Waals surface area (Å²) >= 11 is 0. The maximum atomic E-state index is 12.6. The molecule has 1 saturated carbocycles. The summed E-state index contributed by atoms with van der Waals surface area (Å²) in [6.07, 6.45) is 3.77. The number of carbonyl (C=O) groups is 2. The van der Waals surface area contributed by atoms with Crippen LogP contribution in [0, 0.1) is 0 Å². The van der Waals surface area contributed by atoms with Gasteiger partial charge in [0, 0.05) is 24.7 Å². The first-order chi connectivity index (χ1) is 15.2. The van der Waals surface area contributed by atoms with Crippen LogP contribution in [-0.2, 0) is 24.4 Å². The Balaban J connectivity index is 1.36. The van der Waals surface area contributed by atoms with Crippen LogP contribution in [0.3, 0.4) is 0 Å². The van der Waals surface area contributed by atoms with Gasteiger partial charge in [0.05, 0.1) is 19.4 Å². The van der Waals surface area contributed by atoms with Crippen LogP contribution in [0.4, 0.5) is 0 Å². The number of carbonyl (C=O) groups excluding carboxylic acids is 2. The quantitative estimate of drug-likeness (QED) is 0.530. The zero-order valence-corrected chi connectivity index (χ0v) is 17.4. The van der Waals surface area contributed by atoms with E-state index in [1.54, 1.807) is 6.26 Å². The molecule has 0 spiro atoms. The Labute approximate surface area is 182 Å². The van der Waals surface area contributed by atoms with E-state index < -0.39 is 0 Å². The number of nitrogens with zero attached hydrogens (tertiary/aromatic N) is 1. The minimum absolute atomic E-state index is 0.0261. The van der Waals surface area contributed by atoms with Gasteiger partial charge in [-0.3, -0.25) is 14.5 Å². The molecule has 160 valence electrons. The van der Waals surface area contributed by atoms with Crippen molar-refractivity contribution in [2.24, 2.45) is 0 Å². The van der Waals surface area contributed by atoms with E-state index >= 15 is 0 Å². The van der Waals surface area contributed by atoms with Crippen molar-refractivity contribution in [3.05, 3.63) is 95.4 Å². The molecule has 1 aliphatic rings. The summed E-state index contributed by atoms with van der Waals surface area (Å²) < 4.78 is 5.48. The predicted molar refractivity (Wildman–Crippen MR) is 118 cm³/mol. The van der Waals surface area contributed by atoms with Crippen molar-refractivity contribution in [2.75, 3.05) is 6.54 Å². The average molecular weight is 418 g/mol. The van der Waals surface area contributed by atoms with Gasteiger partial charge < -0.3 is 15.1 Å². The minimum Gasteiger partial charge on any atom is -0.468 e. The van der Waals surface area contributed by atoms with Crippen molar-refractivity contribution < 1.29 is 14.0 Å². The molecule has 0 bridgehead atoms. The van der Waals surface area contributed by atoms with Gasteiger partial charge in [0.15, 0.2) is 0 Å². The number of amides is 2. The summed E-state index contributed by atoms with van der Waals surface area (Å²) in [5.41, 5.74) is 2.76. The Morgan fingerprint density at radius 2 is 1.68 bits per heavy atom. The van der Waals surface area contributed by atoms with Crippen molar-refractivity contribution in [2.45, 2.75) is 38.5 Å². The third-order valence-electron chi connectivity index (χ3n) is 5.19. The molecular weight excluding hydrogens is 390 g/mol. The summed E-state index contributed by atoms with van der Waals surface area (Å²) in [6.45, 7) is 1.84. The fourth-order valence-corrected chi connectivity index (χ4v) is 3.36. The number of hydrogen-bond donors (Lipinski definition) is 2. The van der Waals surface area contributed by atoms with Crippen molar-refractivity contribution in [1.82, 2.24) is 15.5 Å². The Kier molecular flexibility index (Phi) is 6.79. The summed E-state index contributed by atoms with van der Waals surface area (Å²) in [4.78, 5) is 26.8. The van der Waals surface area contributed by atoms with E-state index in [2.05, 4.69) is 10.6 Å². The molecule has 2 amide bonds. The Morgan fingerprint density at radius 1 is 0.903 bits per heavy atom. The highest BCUT2D eigenvalue weighted by molar-refractivity contribution is 5.94. The molecule has 2 N–H and O–H groups in total. The second-order valence-corrected chi connectivity index (χ2v) is 7.93. The number of hydrogen-bond acceptors (Lipinski definition) is 4. The zero-order chi connectivity index (χ0) is 21.5. The zero-order valence-electron chi connectivity index (χ0n) is 17.4. The Hall–Kier alpha value is -3.38. The van der Waals surface area contributed by atoms with E-state index in [4.69, 9.17) is 4.42 Å². The smallest absolute Gasteiger partial charge is 0.251 e. The van der Waals surface area contributed by atoms with Crippen LogP contribution in [0.25, 0.3) is 0 Å². The highest BCUT2D eigenvalue weighted by Gasteiger charge is 2.23. The second-order valence-electron chi connectivity index (χ2n) is 7.93. The molecule has 6 heteroatoms. The van der Waals surface area contributed by atoms with Crippen LogP contribution in [0.15, 0.2) is 77.4 Å². The lowest BCUT2D eigenvalue weighted by Crippen LogP contribution is -2.36. The highest BCUT2D eigenvalue weighted by Crippen LogP contribution is 2.19. The number of rotatable bonds is 10. The average Bonchev–Trinajstić information content (AvgIpc) is 3.45. The third kappa shape index (κ3) is 6.55. The van der Waals surface area contributed by atoms with E-state index in [0.717, 1.165) is 29.7 Å². The first-order valence-electron chi connectivity index (χ1n) is 10.6. The maximum Gasteiger partial charge on any atom is 0.251 e. The van der Waals surface area contributed by atoms with Gasteiger partial charge >= 0.3 is 0 Å². The molecule has 31 heavy (non-hydrogen) atoms. The second kappa shape index (κ2) is 10.1. The van der Waals surface area contributed by atoms with Crippen LogP contribution >= 0.6 is 0 Å². The van der Waals surface area contributed by atoms with E-state index in [9.17, 15) is 9.59 Å². The largest absolute Gasteiger partial charge is 0.468 e. The fraction of sp³-hybridized carbons (Fsp3) is 0.280. The number of furan rings is 1. The van der Waals surface area contributed by atoms with Crippen molar-refractivity contribution in [3.8, 4) is 0 Å². The molecule has 0 saturated heterocycles. The standard InChI is InChI=1S/C25H27N3O3/c29-24(26-15-19-5-2-1-3-6-19)18-28(17-23-7-4-14-31-23)16-20-8-10-21(11-9-20)25(30)27-22-12-13-22/h1-11,14,22H,12-13,15-18H2,(H,26,29)(H,27,30). The molecule has 1 fully saturated rings. The van der Waals surface area contributed by atoms with E-state index in [1.807, 2.05) is 71.6 Å². The first-order valence-corrected chi connectivity index (χ1v) is 10.6. The molecule has 0 atom stereocenters. The summed E-state index contributed by atoms with van der Waals surface area (Å²) in [5.74, 6) is 0.730. The Morgan fingerprint density at radius 3 is 2.35 bits per heavy atom. The SMILES string of the molecule is O=C(CN(Cc1ccc(C(=O)NC2CC2)cc1)Cc1ccco1)NCc1ccccc1. The lowest BCUT2D eigenvalue weighted by Gasteiger charge is -2.21. The third-order valence-corrected chi connectivity index (χ3v) is 5.19. The molecule has 6 nitrogen and oxygen atoms in total. The van der Waals surface area contributed by atoms with Crippen molar-refractivity contribution in [3.63, 3.8) is 0 Å². The summed E-state index contributed by atoms with van der Waals surface area (Å²) in [6, 6.07) is 21.5. The van der Waals surface area contributed by atoms with Gasteiger partial charge in [0.2, 0.25) is 5.91 Å². The lowest BCUT2D eigenvalue weighted by molar-refractivity contribution is -0.122. The predicted octanol–water partition coefficient (Wildman–Crippen LogP) is 3.49. The van der Waals surface area contributed by atoms with E-state index in [1.165, 1.54) is 0 Å². The monoisotopic (exact) mass is 417 g/mol. The normalized spacial score (nSPS) is 13.2. The van der Waals surface area contributed by atoms with Gasteiger partial charge in [0.25, 0.3) is 5.91 Å². The molecular formula is C25H27N3O3. The van der Waals surface area contributed by atoms with Gasteiger partial charge in [0.1, 0.15) is 5.76 Å². The molecule has 1 heterocycles. The van der Waals surface area contributed by atoms with Gasteiger partial charge in [-0.1, -0.05) is 42.5 Å². The van der Waals surface area contributed by atoms with Crippen LogP contribution in [0.1, 0.15) is 40.1 Å². The highest BCUT2D eigenvalue weighted by atomic mass is 16.3. The van der Waals surface area contributed by atoms with Crippen LogP contribution in [0.5, 0.6) is 0 Å². The maximum absolute atomic E-state index is 12.6. The van der Waals surface area contributed by atoms with Gasteiger partial charge in [-0.15, -0.1) is 0 Å². The lowest BCUT2D eigenvalue weighted by atomic mass is 10.1. The van der Waals surface area contributed by atoms with Gasteiger partial charge in [-0.05, 0) is 48.2 Å². The molecule has 2 aromatic carbocycles. The molecule has 1 aliphatic carbocycles. The first kappa shape index (κ1) is 20.9. The van der Waals surface area contributed by atoms with Crippen LogP contribution in [0.2, 0.25) is 0 Å². The Bertz CT molecular complexity index is 981. The minimum atomic E-state index is -0.0455. The van der Waals surface area contributed by atoms with Crippen molar-refractivity contribution in [1.29, 1.82) is 0 Å². The van der Waals surface area contributed by atoms with Crippen LogP contribution in [-0.4, -0.2) is 29.3 Å². The molecule has 1 aromatic heterocycles. The molecule has 0 radical (unpaired) electrons. The van der Waals surface area contributed by atoms with E-state index in [0.29, 0.717) is 31.2 Å². The summed E-state index contributed by atoms with van der Waals surface area (Å²) in [5, 5.41) is 5.98.